The minimum absolute atomic E-state index is 0.233. The summed E-state index contributed by atoms with van der Waals surface area (Å²) in [5, 5.41) is 0.789. The first-order valence-corrected chi connectivity index (χ1v) is 9.82. The van der Waals surface area contributed by atoms with Crippen LogP contribution in [-0.4, -0.2) is 28.3 Å². The second kappa shape index (κ2) is 5.60. The average Bonchev–Trinajstić information content (AvgIpc) is 2.88. The molecule has 0 fully saturated rings. The number of benzene rings is 1. The number of H-pyrrole nitrogens is 1. The first-order valence-electron chi connectivity index (χ1n) is 6.85. The number of nitrogens with one attached hydrogen (secondary N) is 1. The average molecular weight is 374 g/mol. The first kappa shape index (κ1) is 17.0. The van der Waals surface area contributed by atoms with Crippen molar-refractivity contribution in [3.63, 3.8) is 0 Å². The molecule has 0 aliphatic rings. The summed E-state index contributed by atoms with van der Waals surface area (Å²) < 4.78 is 52.2. The summed E-state index contributed by atoms with van der Waals surface area (Å²) in [5.41, 5.74) is -0.525. The highest BCUT2D eigenvalue weighted by molar-refractivity contribution is 7.70. The predicted molar refractivity (Wildman–Crippen MR) is 88.4 cm³/mol. The second-order valence-electron chi connectivity index (χ2n) is 5.65. The third-order valence-corrected chi connectivity index (χ3v) is 5.31. The molecule has 0 radical (unpaired) electrons. The molecular weight excluding hydrogens is 362 g/mol. The van der Waals surface area contributed by atoms with E-state index >= 15 is 0 Å². The third kappa shape index (κ3) is 2.94. The van der Waals surface area contributed by atoms with Gasteiger partial charge >= 0.3 is 6.18 Å². The van der Waals surface area contributed by atoms with Crippen LogP contribution in [0.4, 0.5) is 13.2 Å². The standard InChI is InChI=1S/C15H12ClF3N3OP/c1-24(2,23)11-5-3-4-8-9(6-20-13(8)11)12-10(15(17,18)19)7-21-14(16)22-12/h3-7,20H,1-2H3. The van der Waals surface area contributed by atoms with E-state index in [0.29, 0.717) is 22.4 Å². The van der Waals surface area contributed by atoms with Gasteiger partial charge in [-0.2, -0.15) is 13.2 Å². The molecule has 0 saturated heterocycles. The Morgan fingerprint density at radius 1 is 1.25 bits per heavy atom. The zero-order valence-electron chi connectivity index (χ0n) is 12.6. The Labute approximate surface area is 140 Å². The van der Waals surface area contributed by atoms with Gasteiger partial charge in [-0.1, -0.05) is 12.1 Å². The van der Waals surface area contributed by atoms with Crippen molar-refractivity contribution in [3.05, 3.63) is 41.4 Å². The summed E-state index contributed by atoms with van der Waals surface area (Å²) in [6.45, 7) is 3.20. The fraction of sp³-hybridized carbons (Fsp3) is 0.200. The van der Waals surface area contributed by atoms with E-state index in [2.05, 4.69) is 15.0 Å². The monoisotopic (exact) mass is 373 g/mol. The Morgan fingerprint density at radius 3 is 2.58 bits per heavy atom. The van der Waals surface area contributed by atoms with Crippen molar-refractivity contribution in [1.29, 1.82) is 0 Å². The van der Waals surface area contributed by atoms with E-state index in [9.17, 15) is 17.7 Å². The Kier molecular flexibility index (Phi) is 3.97. The number of fused-ring (bicyclic) bond motifs is 1. The molecule has 4 nitrogen and oxygen atoms in total. The molecule has 0 aliphatic carbocycles. The van der Waals surface area contributed by atoms with Crippen LogP contribution in [0.3, 0.4) is 0 Å². The van der Waals surface area contributed by atoms with Crippen LogP contribution in [0.5, 0.6) is 0 Å². The number of aromatic nitrogens is 3. The van der Waals surface area contributed by atoms with Gasteiger partial charge in [-0.05, 0) is 31.0 Å². The van der Waals surface area contributed by atoms with Gasteiger partial charge in [-0.15, -0.1) is 0 Å². The quantitative estimate of drug-likeness (QED) is 0.530. The molecule has 9 heteroatoms. The summed E-state index contributed by atoms with van der Waals surface area (Å²) in [6.07, 6.45) is -2.54. The largest absolute Gasteiger partial charge is 0.419 e. The van der Waals surface area contributed by atoms with Crippen molar-refractivity contribution < 1.29 is 17.7 Å². The highest BCUT2D eigenvalue weighted by atomic mass is 35.5. The van der Waals surface area contributed by atoms with Gasteiger partial charge in [0.1, 0.15) is 12.7 Å². The van der Waals surface area contributed by atoms with Crippen molar-refractivity contribution in [2.45, 2.75) is 6.18 Å². The van der Waals surface area contributed by atoms with Gasteiger partial charge in [0, 0.05) is 28.6 Å². The number of hydrogen-bond acceptors (Lipinski definition) is 3. The molecule has 0 amide bonds. The van der Waals surface area contributed by atoms with E-state index in [1.807, 2.05) is 0 Å². The van der Waals surface area contributed by atoms with E-state index in [1.54, 1.807) is 31.5 Å². The predicted octanol–water partition coefficient (Wildman–Crippen LogP) is 4.55. The van der Waals surface area contributed by atoms with Gasteiger partial charge in [0.05, 0.1) is 11.2 Å². The SMILES string of the molecule is CP(C)(=O)c1cccc2c(-c3nc(Cl)ncc3C(F)(F)F)c[nH]c12. The lowest BCUT2D eigenvalue weighted by molar-refractivity contribution is -0.137. The van der Waals surface area contributed by atoms with Gasteiger partial charge in [-0.3, -0.25) is 0 Å². The Morgan fingerprint density at radius 2 is 1.96 bits per heavy atom. The van der Waals surface area contributed by atoms with Crippen molar-refractivity contribution in [2.24, 2.45) is 0 Å². The molecule has 0 aliphatic heterocycles. The van der Waals surface area contributed by atoms with E-state index in [1.165, 1.54) is 6.20 Å². The normalized spacial score (nSPS) is 12.8. The fourth-order valence-electron chi connectivity index (χ4n) is 2.56. The minimum atomic E-state index is -4.62. The summed E-state index contributed by atoms with van der Waals surface area (Å²) >= 11 is 5.69. The molecule has 0 unspecified atom stereocenters. The van der Waals surface area contributed by atoms with Crippen LogP contribution in [0.25, 0.3) is 22.2 Å². The summed E-state index contributed by atoms with van der Waals surface area (Å²) in [7, 11) is -2.61. The van der Waals surface area contributed by atoms with Crippen LogP contribution in [0.15, 0.2) is 30.6 Å². The molecule has 3 rings (SSSR count). The number of alkyl halides is 3. The van der Waals surface area contributed by atoms with Gasteiger partial charge in [-0.25, -0.2) is 9.97 Å². The van der Waals surface area contributed by atoms with Crippen molar-refractivity contribution in [2.75, 3.05) is 13.3 Å². The van der Waals surface area contributed by atoms with Crippen LogP contribution >= 0.6 is 18.7 Å². The van der Waals surface area contributed by atoms with Gasteiger partial charge < -0.3 is 9.55 Å². The van der Waals surface area contributed by atoms with E-state index in [4.69, 9.17) is 11.6 Å². The maximum atomic E-state index is 13.3. The van der Waals surface area contributed by atoms with Gasteiger partial charge in [0.2, 0.25) is 5.28 Å². The smallest absolute Gasteiger partial charge is 0.360 e. The minimum Gasteiger partial charge on any atom is -0.360 e. The van der Waals surface area contributed by atoms with E-state index in [0.717, 1.165) is 0 Å². The van der Waals surface area contributed by atoms with E-state index < -0.39 is 18.9 Å². The Hall–Kier alpha value is -1.85. The number of para-hydroxylation sites is 1. The van der Waals surface area contributed by atoms with Crippen LogP contribution < -0.4 is 5.30 Å². The van der Waals surface area contributed by atoms with Crippen LogP contribution in [0, 0.1) is 0 Å². The molecule has 0 bridgehead atoms. The van der Waals surface area contributed by atoms with Crippen molar-refractivity contribution in [1.82, 2.24) is 15.0 Å². The molecule has 1 aromatic carbocycles. The Bertz CT molecular complexity index is 978. The zero-order valence-corrected chi connectivity index (χ0v) is 14.3. The van der Waals surface area contributed by atoms with E-state index in [-0.39, 0.29) is 16.5 Å². The lowest BCUT2D eigenvalue weighted by atomic mass is 10.1. The van der Waals surface area contributed by atoms with Gasteiger partial charge in [0.25, 0.3) is 0 Å². The lowest BCUT2D eigenvalue weighted by Crippen LogP contribution is -2.09. The van der Waals surface area contributed by atoms with Crippen LogP contribution in [0.2, 0.25) is 5.28 Å². The highest BCUT2D eigenvalue weighted by Gasteiger charge is 2.36. The highest BCUT2D eigenvalue weighted by Crippen LogP contribution is 2.41. The summed E-state index contributed by atoms with van der Waals surface area (Å²) in [5.74, 6) is 0. The third-order valence-electron chi connectivity index (χ3n) is 3.59. The maximum absolute atomic E-state index is 13.3. The molecular formula is C15H12ClF3N3OP. The molecule has 0 saturated carbocycles. The zero-order chi connectivity index (χ0) is 17.7. The number of rotatable bonds is 2. The number of aromatic amines is 1. The molecule has 0 spiro atoms. The molecule has 3 aromatic rings. The number of nitrogens with zero attached hydrogens (tertiary/aromatic N) is 2. The molecule has 24 heavy (non-hydrogen) atoms. The lowest BCUT2D eigenvalue weighted by Gasteiger charge is -2.12. The number of hydrogen-bond donors (Lipinski definition) is 1. The first-order chi connectivity index (χ1) is 11.1. The van der Waals surface area contributed by atoms with Crippen LogP contribution in [-0.2, 0) is 10.7 Å². The van der Waals surface area contributed by atoms with Crippen LogP contribution in [0.1, 0.15) is 5.56 Å². The maximum Gasteiger partial charge on any atom is 0.419 e. The Balaban J connectivity index is 2.33. The molecule has 1 N–H and O–H groups in total. The second-order valence-corrected chi connectivity index (χ2v) is 9.17. The summed E-state index contributed by atoms with van der Waals surface area (Å²) in [4.78, 5) is 10.1. The van der Waals surface area contributed by atoms with Gasteiger partial charge in [0.15, 0.2) is 0 Å². The number of halogens is 4. The summed E-state index contributed by atoms with van der Waals surface area (Å²) in [6, 6.07) is 5.00. The molecule has 0 atom stereocenters. The molecule has 2 aromatic heterocycles. The molecule has 126 valence electrons. The van der Waals surface area contributed by atoms with Crippen molar-refractivity contribution >= 4 is 35.0 Å². The molecule has 2 heterocycles. The fourth-order valence-corrected chi connectivity index (χ4v) is 3.86. The topological polar surface area (TPSA) is 58.6 Å². The van der Waals surface area contributed by atoms with Crippen molar-refractivity contribution in [3.8, 4) is 11.3 Å².